The van der Waals surface area contributed by atoms with Crippen LogP contribution in [0, 0.1) is 44.8 Å². The number of hydrogen-bond acceptors (Lipinski definition) is 4. The quantitative estimate of drug-likeness (QED) is 0.167. The Bertz CT molecular complexity index is 1250. The Hall–Kier alpha value is -3.19. The van der Waals surface area contributed by atoms with Gasteiger partial charge in [0.2, 0.25) is 0 Å². The van der Waals surface area contributed by atoms with Crippen molar-refractivity contribution < 1.29 is 26.3 Å². The number of nitrogens with zero attached hydrogens (tertiary/aromatic N) is 3. The number of unbranched alkanes of at least 4 members (excludes halogenated alkanes) is 4. The molecule has 4 nitrogen and oxygen atoms in total. The van der Waals surface area contributed by atoms with E-state index in [0.717, 1.165) is 32.6 Å². The second-order valence-electron chi connectivity index (χ2n) is 12.6. The zero-order valence-corrected chi connectivity index (χ0v) is 24.4. The molecule has 224 valence electrons. The smallest absolute Gasteiger partial charge is 0.387 e. The lowest BCUT2D eigenvalue weighted by molar-refractivity contribution is -0.0925. The predicted octanol–water partition coefficient (Wildman–Crippen LogP) is 9.42. The lowest BCUT2D eigenvalue weighted by atomic mass is 9.70. The molecule has 1 N–H and O–H groups in total. The van der Waals surface area contributed by atoms with Gasteiger partial charge in [-0.3, -0.25) is 0 Å². The van der Waals surface area contributed by atoms with Crippen molar-refractivity contribution in [3.8, 4) is 18.2 Å². The topological polar surface area (TPSA) is 83.4 Å². The monoisotopic (exact) mass is 580 g/mol. The summed E-state index contributed by atoms with van der Waals surface area (Å²) in [4.78, 5) is 0. The minimum absolute atomic E-state index is 0.00597. The molecular weight excluding hydrogens is 542 g/mol. The minimum atomic E-state index is -4.81. The zero-order chi connectivity index (χ0) is 31.2. The van der Waals surface area contributed by atoms with Gasteiger partial charge in [-0.2, -0.15) is 42.1 Å². The first-order valence-corrected chi connectivity index (χ1v) is 13.8. The van der Waals surface area contributed by atoms with Crippen LogP contribution in [-0.4, -0.2) is 18.9 Å². The number of allylic oxidation sites excluding steroid dienone is 8. The van der Waals surface area contributed by atoms with Crippen LogP contribution in [0.3, 0.4) is 0 Å². The van der Waals surface area contributed by atoms with Crippen LogP contribution in [0.25, 0.3) is 0 Å². The number of alkyl halides is 6. The Morgan fingerprint density at radius 3 is 1.80 bits per heavy atom. The van der Waals surface area contributed by atoms with Crippen LogP contribution in [0.2, 0.25) is 0 Å². The summed E-state index contributed by atoms with van der Waals surface area (Å²) in [5, 5.41) is 31.7. The molecule has 0 spiro atoms. The molecule has 0 aromatic carbocycles. The molecule has 0 saturated carbocycles. The molecule has 0 fully saturated rings. The van der Waals surface area contributed by atoms with Crippen LogP contribution in [0.5, 0.6) is 0 Å². The van der Waals surface area contributed by atoms with Gasteiger partial charge in [-0.05, 0) is 73.8 Å². The van der Waals surface area contributed by atoms with E-state index in [0.29, 0.717) is 43.5 Å². The molecule has 0 bridgehead atoms. The molecule has 0 aromatic rings. The second-order valence-corrected chi connectivity index (χ2v) is 12.6. The molecule has 2 rings (SSSR count). The van der Waals surface area contributed by atoms with Crippen LogP contribution in [0.4, 0.5) is 26.3 Å². The van der Waals surface area contributed by atoms with Crippen molar-refractivity contribution in [3.63, 3.8) is 0 Å². The molecule has 0 saturated heterocycles. The summed E-state index contributed by atoms with van der Waals surface area (Å²) in [6.07, 6.45) is -3.78. The standard InChI is InChI=1S/C31H38F6N4/c1-20(30(32,33)34)22-14-29(4,5)16-27(25(22)18-39)41-12-10-8-6-7-9-11-21-13-28(2,3)15-23(24(21)17-38)26(19-40)31(35,36)37/h41H,6-16H2,1-5H3/b22-20-,26-23+. The molecule has 0 aromatic heterocycles. The van der Waals surface area contributed by atoms with Gasteiger partial charge < -0.3 is 5.32 Å². The summed E-state index contributed by atoms with van der Waals surface area (Å²) in [6, 6.07) is 5.18. The van der Waals surface area contributed by atoms with Crippen LogP contribution in [-0.2, 0) is 0 Å². The van der Waals surface area contributed by atoms with Crippen molar-refractivity contribution in [1.82, 2.24) is 5.32 Å². The Morgan fingerprint density at radius 2 is 1.27 bits per heavy atom. The second kappa shape index (κ2) is 13.2. The van der Waals surface area contributed by atoms with Crippen molar-refractivity contribution in [2.24, 2.45) is 10.8 Å². The van der Waals surface area contributed by atoms with E-state index in [1.54, 1.807) is 0 Å². The Labute approximate surface area is 239 Å². The van der Waals surface area contributed by atoms with Gasteiger partial charge in [-0.1, -0.05) is 52.5 Å². The maximum Gasteiger partial charge on any atom is 0.426 e. The first kappa shape index (κ1) is 34.0. The van der Waals surface area contributed by atoms with Gasteiger partial charge in [0.05, 0.1) is 17.2 Å². The summed E-state index contributed by atoms with van der Waals surface area (Å²) in [5.74, 6) is 0. The average molecular weight is 581 g/mol. The summed E-state index contributed by atoms with van der Waals surface area (Å²) in [7, 11) is 0. The summed E-state index contributed by atoms with van der Waals surface area (Å²) >= 11 is 0. The Balaban J connectivity index is 1.99. The normalized spacial score (nSPS) is 21.6. The Morgan fingerprint density at radius 1 is 0.732 bits per heavy atom. The van der Waals surface area contributed by atoms with Crippen LogP contribution >= 0.6 is 0 Å². The van der Waals surface area contributed by atoms with Gasteiger partial charge in [0.1, 0.15) is 17.7 Å². The highest BCUT2D eigenvalue weighted by molar-refractivity contribution is 5.55. The molecule has 2 aliphatic carbocycles. The third-order valence-electron chi connectivity index (χ3n) is 7.71. The molecule has 0 radical (unpaired) electrons. The van der Waals surface area contributed by atoms with E-state index in [2.05, 4.69) is 5.32 Å². The van der Waals surface area contributed by atoms with E-state index in [1.165, 1.54) is 6.07 Å². The third-order valence-corrected chi connectivity index (χ3v) is 7.71. The van der Waals surface area contributed by atoms with Gasteiger partial charge in [-0.15, -0.1) is 0 Å². The molecule has 10 heteroatoms. The van der Waals surface area contributed by atoms with Crippen molar-refractivity contribution in [2.75, 3.05) is 6.54 Å². The third kappa shape index (κ3) is 9.15. The van der Waals surface area contributed by atoms with Gasteiger partial charge in [0.25, 0.3) is 0 Å². The van der Waals surface area contributed by atoms with Crippen LogP contribution in [0.15, 0.2) is 44.7 Å². The van der Waals surface area contributed by atoms with E-state index in [4.69, 9.17) is 0 Å². The average Bonchev–Trinajstić information content (AvgIpc) is 2.82. The Kier molecular flexibility index (Phi) is 10.9. The fourth-order valence-electron chi connectivity index (χ4n) is 5.77. The molecular formula is C31H38F6N4. The van der Waals surface area contributed by atoms with Crippen molar-refractivity contribution in [3.05, 3.63) is 44.7 Å². The fourth-order valence-corrected chi connectivity index (χ4v) is 5.77. The molecule has 0 aliphatic heterocycles. The highest BCUT2D eigenvalue weighted by atomic mass is 19.4. The first-order valence-electron chi connectivity index (χ1n) is 13.8. The molecule has 0 atom stereocenters. The fraction of sp³-hybridized carbons (Fsp3) is 0.645. The molecule has 2 aliphatic rings. The largest absolute Gasteiger partial charge is 0.426 e. The van der Waals surface area contributed by atoms with E-state index in [-0.39, 0.29) is 35.1 Å². The van der Waals surface area contributed by atoms with Crippen molar-refractivity contribution >= 4 is 0 Å². The number of rotatable bonds is 9. The maximum absolute atomic E-state index is 13.5. The highest BCUT2D eigenvalue weighted by Crippen LogP contribution is 2.47. The molecule has 41 heavy (non-hydrogen) atoms. The van der Waals surface area contributed by atoms with E-state index in [9.17, 15) is 42.1 Å². The number of hydrogen-bond donors (Lipinski definition) is 1. The maximum atomic E-state index is 13.5. The van der Waals surface area contributed by atoms with Crippen molar-refractivity contribution in [2.45, 2.75) is 111 Å². The van der Waals surface area contributed by atoms with Crippen LogP contribution in [0.1, 0.15) is 98.8 Å². The van der Waals surface area contributed by atoms with Crippen molar-refractivity contribution in [1.29, 1.82) is 15.8 Å². The first-order chi connectivity index (χ1) is 18.9. The predicted molar refractivity (Wildman–Crippen MR) is 144 cm³/mol. The number of halogens is 6. The number of nitriles is 3. The van der Waals surface area contributed by atoms with Gasteiger partial charge in [-0.25, -0.2) is 0 Å². The summed E-state index contributed by atoms with van der Waals surface area (Å²) in [5.41, 5.74) is -1.83. The minimum Gasteiger partial charge on any atom is -0.387 e. The summed E-state index contributed by atoms with van der Waals surface area (Å²) < 4.78 is 80.6. The van der Waals surface area contributed by atoms with E-state index in [1.807, 2.05) is 39.8 Å². The molecule has 0 heterocycles. The molecule has 0 amide bonds. The SMILES string of the molecule is C/C(=C1\CC(C)(C)CC(NCCCCCCCC2=C(C#N)/C(=C(\C#N)C(F)(F)F)CC(C)(C)C2)=C1C#N)C(F)(F)F. The highest BCUT2D eigenvalue weighted by Gasteiger charge is 2.42. The molecule has 0 unspecified atom stereocenters. The lowest BCUT2D eigenvalue weighted by Crippen LogP contribution is -2.29. The van der Waals surface area contributed by atoms with Gasteiger partial charge in [0, 0.05) is 17.8 Å². The van der Waals surface area contributed by atoms with E-state index >= 15 is 0 Å². The summed E-state index contributed by atoms with van der Waals surface area (Å²) in [6.45, 7) is 8.97. The van der Waals surface area contributed by atoms with Gasteiger partial charge >= 0.3 is 12.4 Å². The number of nitrogens with one attached hydrogen (secondary N) is 1. The zero-order valence-electron chi connectivity index (χ0n) is 24.4. The van der Waals surface area contributed by atoms with E-state index < -0.39 is 34.3 Å². The lowest BCUT2D eigenvalue weighted by Gasteiger charge is -2.34. The van der Waals surface area contributed by atoms with Crippen LogP contribution < -0.4 is 5.32 Å². The van der Waals surface area contributed by atoms with Gasteiger partial charge in [0.15, 0.2) is 0 Å².